The van der Waals surface area contributed by atoms with E-state index < -0.39 is 0 Å². The highest BCUT2D eigenvalue weighted by molar-refractivity contribution is 5.71. The molecule has 1 aromatic rings. The molecule has 0 radical (unpaired) electrons. The van der Waals surface area contributed by atoms with E-state index in [1.54, 1.807) is 7.11 Å². The van der Waals surface area contributed by atoms with Crippen LogP contribution in [0.2, 0.25) is 0 Å². The number of methoxy groups -OCH3 is 1. The number of aliphatic hydroxyl groups excluding tert-OH is 1. The van der Waals surface area contributed by atoms with Crippen LogP contribution in [0.4, 0.5) is 0 Å². The molecule has 3 heteroatoms. The number of allylic oxidation sites excluding steroid dienone is 1. The average Bonchev–Trinajstić information content (AvgIpc) is 2.40. The first-order valence-electron chi connectivity index (χ1n) is 6.41. The molecule has 0 saturated carbocycles. The summed E-state index contributed by atoms with van der Waals surface area (Å²) in [5.74, 6) is 0.870. The Morgan fingerprint density at radius 3 is 2.89 bits per heavy atom. The molecular formula is C15H20O3. The van der Waals surface area contributed by atoms with Gasteiger partial charge in [-0.1, -0.05) is 24.3 Å². The van der Waals surface area contributed by atoms with E-state index in [0.717, 1.165) is 30.6 Å². The van der Waals surface area contributed by atoms with Gasteiger partial charge in [-0.05, 0) is 30.9 Å². The number of aliphatic hydroxyl groups is 1. The van der Waals surface area contributed by atoms with Gasteiger partial charge in [-0.3, -0.25) is 0 Å². The van der Waals surface area contributed by atoms with Crippen LogP contribution in [0.25, 0.3) is 5.57 Å². The van der Waals surface area contributed by atoms with Crippen molar-refractivity contribution in [2.24, 2.45) is 0 Å². The van der Waals surface area contributed by atoms with Crippen LogP contribution in [0.5, 0.6) is 5.75 Å². The molecule has 0 saturated heterocycles. The van der Waals surface area contributed by atoms with E-state index in [2.05, 4.69) is 0 Å². The summed E-state index contributed by atoms with van der Waals surface area (Å²) in [6.07, 6.45) is 4.51. The predicted molar refractivity (Wildman–Crippen MR) is 71.6 cm³/mol. The fraction of sp³-hybridized carbons (Fsp3) is 0.467. The smallest absolute Gasteiger partial charge is 0.126 e. The Bertz CT molecular complexity index is 412. The second kappa shape index (κ2) is 6.57. The van der Waals surface area contributed by atoms with E-state index in [-0.39, 0.29) is 6.10 Å². The molecule has 0 heterocycles. The lowest BCUT2D eigenvalue weighted by Gasteiger charge is -2.19. The summed E-state index contributed by atoms with van der Waals surface area (Å²) in [6.45, 7) is 1.12. The normalized spacial score (nSPS) is 19.4. The van der Waals surface area contributed by atoms with Crippen LogP contribution in [0.3, 0.4) is 0 Å². The van der Waals surface area contributed by atoms with E-state index >= 15 is 0 Å². The number of ether oxygens (including phenoxy) is 2. The second-order valence-electron chi connectivity index (χ2n) is 4.49. The van der Waals surface area contributed by atoms with Crippen molar-refractivity contribution >= 4 is 5.57 Å². The minimum absolute atomic E-state index is 0.319. The maximum Gasteiger partial charge on any atom is 0.126 e. The Labute approximate surface area is 108 Å². The van der Waals surface area contributed by atoms with Crippen LogP contribution < -0.4 is 4.74 Å². The molecule has 1 N–H and O–H groups in total. The number of hydrogen-bond acceptors (Lipinski definition) is 3. The Morgan fingerprint density at radius 2 is 2.11 bits per heavy atom. The summed E-state index contributed by atoms with van der Waals surface area (Å²) in [4.78, 5) is 0. The van der Waals surface area contributed by atoms with E-state index in [1.165, 1.54) is 5.57 Å². The second-order valence-corrected chi connectivity index (χ2v) is 4.49. The van der Waals surface area contributed by atoms with Crippen molar-refractivity contribution in [1.29, 1.82) is 0 Å². The molecule has 0 aromatic heterocycles. The minimum atomic E-state index is -0.319. The molecule has 1 aromatic carbocycles. The number of rotatable bonds is 5. The highest BCUT2D eigenvalue weighted by atomic mass is 16.5. The SMILES string of the molecule is COCCOc1ccccc1C1=CC(O)CCC1. The highest BCUT2D eigenvalue weighted by Gasteiger charge is 2.15. The molecule has 1 aliphatic carbocycles. The van der Waals surface area contributed by atoms with Crippen LogP contribution in [0.1, 0.15) is 24.8 Å². The van der Waals surface area contributed by atoms with Crippen molar-refractivity contribution in [3.05, 3.63) is 35.9 Å². The fourth-order valence-electron chi connectivity index (χ4n) is 2.22. The molecule has 0 fully saturated rings. The van der Waals surface area contributed by atoms with Gasteiger partial charge in [-0.2, -0.15) is 0 Å². The van der Waals surface area contributed by atoms with Gasteiger partial charge in [0, 0.05) is 12.7 Å². The third-order valence-electron chi connectivity index (χ3n) is 3.12. The van der Waals surface area contributed by atoms with Crippen molar-refractivity contribution in [2.75, 3.05) is 20.3 Å². The van der Waals surface area contributed by atoms with Gasteiger partial charge in [0.15, 0.2) is 0 Å². The first-order valence-corrected chi connectivity index (χ1v) is 6.41. The van der Waals surface area contributed by atoms with Crippen molar-refractivity contribution in [2.45, 2.75) is 25.4 Å². The molecule has 1 unspecified atom stereocenters. The van der Waals surface area contributed by atoms with Gasteiger partial charge in [0.05, 0.1) is 12.7 Å². The van der Waals surface area contributed by atoms with Crippen molar-refractivity contribution in [3.63, 3.8) is 0 Å². The minimum Gasteiger partial charge on any atom is -0.491 e. The maximum atomic E-state index is 9.71. The molecule has 0 bridgehead atoms. The van der Waals surface area contributed by atoms with Crippen molar-refractivity contribution in [1.82, 2.24) is 0 Å². The van der Waals surface area contributed by atoms with E-state index in [4.69, 9.17) is 9.47 Å². The fourth-order valence-corrected chi connectivity index (χ4v) is 2.22. The first kappa shape index (κ1) is 13.1. The summed E-state index contributed by atoms with van der Waals surface area (Å²) < 4.78 is 10.7. The zero-order valence-corrected chi connectivity index (χ0v) is 10.8. The molecule has 1 atom stereocenters. The van der Waals surface area contributed by atoms with Crippen molar-refractivity contribution < 1.29 is 14.6 Å². The Morgan fingerprint density at radius 1 is 1.28 bits per heavy atom. The topological polar surface area (TPSA) is 38.7 Å². The molecule has 0 spiro atoms. The molecule has 0 amide bonds. The number of hydrogen-bond donors (Lipinski definition) is 1. The Hall–Kier alpha value is -1.32. The molecular weight excluding hydrogens is 228 g/mol. The van der Waals surface area contributed by atoms with Gasteiger partial charge >= 0.3 is 0 Å². The summed E-state index contributed by atoms with van der Waals surface area (Å²) >= 11 is 0. The molecule has 18 heavy (non-hydrogen) atoms. The van der Waals surface area contributed by atoms with Crippen LogP contribution in [-0.4, -0.2) is 31.5 Å². The van der Waals surface area contributed by atoms with Gasteiger partial charge < -0.3 is 14.6 Å². The predicted octanol–water partition coefficient (Wildman–Crippen LogP) is 2.64. The monoisotopic (exact) mass is 248 g/mol. The molecule has 1 aliphatic rings. The van der Waals surface area contributed by atoms with Gasteiger partial charge in [0.1, 0.15) is 12.4 Å². The third-order valence-corrected chi connectivity index (χ3v) is 3.12. The van der Waals surface area contributed by atoms with Gasteiger partial charge in [-0.25, -0.2) is 0 Å². The van der Waals surface area contributed by atoms with Crippen LogP contribution in [0, 0.1) is 0 Å². The number of benzene rings is 1. The average molecular weight is 248 g/mol. The quantitative estimate of drug-likeness (QED) is 0.814. The maximum absolute atomic E-state index is 9.71. The lowest BCUT2D eigenvalue weighted by molar-refractivity contribution is 0.146. The van der Waals surface area contributed by atoms with Gasteiger partial charge in [-0.15, -0.1) is 0 Å². The Balaban J connectivity index is 2.16. The van der Waals surface area contributed by atoms with Crippen LogP contribution >= 0.6 is 0 Å². The van der Waals surface area contributed by atoms with Gasteiger partial charge in [0.2, 0.25) is 0 Å². The van der Waals surface area contributed by atoms with Crippen molar-refractivity contribution in [3.8, 4) is 5.75 Å². The third kappa shape index (κ3) is 3.34. The highest BCUT2D eigenvalue weighted by Crippen LogP contribution is 2.32. The zero-order chi connectivity index (χ0) is 12.8. The largest absolute Gasteiger partial charge is 0.491 e. The zero-order valence-electron chi connectivity index (χ0n) is 10.8. The summed E-state index contributed by atoms with van der Waals surface area (Å²) in [5.41, 5.74) is 2.27. The van der Waals surface area contributed by atoms with Crippen LogP contribution in [-0.2, 0) is 4.74 Å². The number of para-hydroxylation sites is 1. The van der Waals surface area contributed by atoms with E-state index in [9.17, 15) is 5.11 Å². The van der Waals surface area contributed by atoms with E-state index in [1.807, 2.05) is 30.3 Å². The summed E-state index contributed by atoms with van der Waals surface area (Å²) in [6, 6.07) is 7.98. The molecule has 0 aliphatic heterocycles. The Kier molecular flexibility index (Phi) is 4.79. The summed E-state index contributed by atoms with van der Waals surface area (Å²) in [5, 5.41) is 9.71. The molecule has 98 valence electrons. The molecule has 2 rings (SSSR count). The van der Waals surface area contributed by atoms with E-state index in [0.29, 0.717) is 13.2 Å². The standard InChI is InChI=1S/C15H20O3/c1-17-9-10-18-15-8-3-2-7-14(15)12-5-4-6-13(16)11-12/h2-3,7-8,11,13,16H,4-6,9-10H2,1H3. The molecule has 3 nitrogen and oxygen atoms in total. The lowest BCUT2D eigenvalue weighted by atomic mass is 9.92. The lowest BCUT2D eigenvalue weighted by Crippen LogP contribution is -2.10. The van der Waals surface area contributed by atoms with Crippen LogP contribution in [0.15, 0.2) is 30.3 Å². The summed E-state index contributed by atoms with van der Waals surface area (Å²) in [7, 11) is 1.66. The van der Waals surface area contributed by atoms with Gasteiger partial charge in [0.25, 0.3) is 0 Å². The first-order chi connectivity index (χ1) is 8.81.